The minimum absolute atomic E-state index is 0.225. The van der Waals surface area contributed by atoms with E-state index in [9.17, 15) is 14.4 Å². The van der Waals surface area contributed by atoms with Gasteiger partial charge in [-0.25, -0.2) is 4.79 Å². The molecule has 1 heterocycles. The van der Waals surface area contributed by atoms with Gasteiger partial charge in [-0.1, -0.05) is 11.6 Å². The summed E-state index contributed by atoms with van der Waals surface area (Å²) in [5.41, 5.74) is 0.0466. The summed E-state index contributed by atoms with van der Waals surface area (Å²) in [5.74, 6) is -1.63. The fourth-order valence-electron chi connectivity index (χ4n) is 1.67. The second-order valence-electron chi connectivity index (χ2n) is 5.47. The molecule has 0 aromatic rings. The van der Waals surface area contributed by atoms with Crippen LogP contribution in [-0.4, -0.2) is 41.0 Å². The molecule has 1 aliphatic heterocycles. The molecule has 0 radical (unpaired) electrons. The van der Waals surface area contributed by atoms with Gasteiger partial charge in [0.05, 0.1) is 5.41 Å². The van der Waals surface area contributed by atoms with Crippen molar-refractivity contribution in [2.45, 2.75) is 33.6 Å². The first-order valence-electron chi connectivity index (χ1n) is 6.20. The summed E-state index contributed by atoms with van der Waals surface area (Å²) in [6.45, 7) is 5.95. The van der Waals surface area contributed by atoms with Crippen molar-refractivity contribution in [3.05, 3.63) is 11.6 Å². The lowest BCUT2D eigenvalue weighted by Crippen LogP contribution is -2.46. The largest absolute Gasteiger partial charge is 0.481 e. The number of carboxylic acids is 1. The lowest BCUT2D eigenvalue weighted by Gasteiger charge is -2.26. The molecule has 19 heavy (non-hydrogen) atoms. The molecule has 106 valence electrons. The normalized spacial score (nSPS) is 15.7. The van der Waals surface area contributed by atoms with Crippen molar-refractivity contribution in [1.29, 1.82) is 0 Å². The molecule has 1 rings (SSSR count). The Balaban J connectivity index is 2.49. The van der Waals surface area contributed by atoms with Gasteiger partial charge in [-0.2, -0.15) is 0 Å². The van der Waals surface area contributed by atoms with Gasteiger partial charge >= 0.3 is 12.0 Å². The van der Waals surface area contributed by atoms with E-state index in [1.165, 1.54) is 24.3 Å². The summed E-state index contributed by atoms with van der Waals surface area (Å²) < 4.78 is 0. The Morgan fingerprint density at radius 3 is 2.53 bits per heavy atom. The number of nitrogens with one attached hydrogen (secondary N) is 1. The second-order valence-corrected chi connectivity index (χ2v) is 5.47. The zero-order valence-electron chi connectivity index (χ0n) is 11.5. The van der Waals surface area contributed by atoms with Crippen LogP contribution in [-0.2, 0) is 9.59 Å². The number of carbonyl (C=O) groups is 3. The predicted octanol–water partition coefficient (Wildman–Crippen LogP) is 1.38. The molecule has 2 N–H and O–H groups in total. The van der Waals surface area contributed by atoms with Crippen LogP contribution < -0.4 is 5.32 Å². The molecule has 6 heteroatoms. The minimum Gasteiger partial charge on any atom is -0.481 e. The van der Waals surface area contributed by atoms with E-state index < -0.39 is 23.3 Å². The van der Waals surface area contributed by atoms with Gasteiger partial charge in [-0.05, 0) is 27.2 Å². The Morgan fingerprint density at radius 1 is 1.42 bits per heavy atom. The molecular formula is C13H20N2O4. The molecular weight excluding hydrogens is 248 g/mol. The van der Waals surface area contributed by atoms with Gasteiger partial charge in [0, 0.05) is 19.5 Å². The van der Waals surface area contributed by atoms with E-state index in [4.69, 9.17) is 5.11 Å². The van der Waals surface area contributed by atoms with Crippen molar-refractivity contribution in [3.63, 3.8) is 0 Å². The fraction of sp³-hybridized carbons (Fsp3) is 0.615. The van der Waals surface area contributed by atoms with E-state index in [-0.39, 0.29) is 6.42 Å². The Hall–Kier alpha value is -1.85. The Morgan fingerprint density at radius 2 is 2.05 bits per heavy atom. The highest BCUT2D eigenvalue weighted by atomic mass is 16.4. The maximum absolute atomic E-state index is 11.8. The summed E-state index contributed by atoms with van der Waals surface area (Å²) in [5, 5.41) is 11.1. The van der Waals surface area contributed by atoms with Crippen LogP contribution in [0.4, 0.5) is 4.79 Å². The van der Waals surface area contributed by atoms with Gasteiger partial charge in [0.2, 0.25) is 5.91 Å². The quantitative estimate of drug-likeness (QED) is 0.757. The third-order valence-corrected chi connectivity index (χ3v) is 3.15. The lowest BCUT2D eigenvalue weighted by atomic mass is 9.89. The maximum atomic E-state index is 11.8. The van der Waals surface area contributed by atoms with Gasteiger partial charge in [0.1, 0.15) is 0 Å². The second kappa shape index (κ2) is 5.86. The molecule has 0 saturated heterocycles. The van der Waals surface area contributed by atoms with Crippen LogP contribution in [0, 0.1) is 5.41 Å². The van der Waals surface area contributed by atoms with Crippen LogP contribution in [0.2, 0.25) is 0 Å². The third kappa shape index (κ3) is 4.39. The minimum atomic E-state index is -1.18. The van der Waals surface area contributed by atoms with Crippen molar-refractivity contribution >= 4 is 17.9 Å². The van der Waals surface area contributed by atoms with Crippen LogP contribution in [0.1, 0.15) is 33.6 Å². The van der Waals surface area contributed by atoms with E-state index in [2.05, 4.69) is 5.32 Å². The molecule has 1 aliphatic rings. The highest BCUT2D eigenvalue weighted by Crippen LogP contribution is 2.20. The highest BCUT2D eigenvalue weighted by molar-refractivity contribution is 5.96. The zero-order valence-corrected chi connectivity index (χ0v) is 11.5. The van der Waals surface area contributed by atoms with Crippen LogP contribution in [0.5, 0.6) is 0 Å². The summed E-state index contributed by atoms with van der Waals surface area (Å²) in [4.78, 5) is 35.9. The van der Waals surface area contributed by atoms with Gasteiger partial charge in [0.15, 0.2) is 0 Å². The molecule has 0 bridgehead atoms. The lowest BCUT2D eigenvalue weighted by molar-refractivity contribution is -0.149. The number of rotatable bonds is 3. The number of nitrogens with zero attached hydrogens (tertiary/aromatic N) is 1. The van der Waals surface area contributed by atoms with Crippen molar-refractivity contribution in [1.82, 2.24) is 10.2 Å². The van der Waals surface area contributed by atoms with Gasteiger partial charge in [-0.15, -0.1) is 0 Å². The monoisotopic (exact) mass is 268 g/mol. The first-order chi connectivity index (χ1) is 8.72. The Bertz CT molecular complexity index is 426. The Labute approximate surface area is 112 Å². The van der Waals surface area contributed by atoms with E-state index in [1.54, 1.807) is 0 Å². The molecule has 0 aromatic carbocycles. The number of carboxylic acid groups (broad SMARTS) is 1. The summed E-state index contributed by atoms with van der Waals surface area (Å²) in [6.07, 6.45) is 2.51. The van der Waals surface area contributed by atoms with E-state index in [0.717, 1.165) is 6.42 Å². The summed E-state index contributed by atoms with van der Waals surface area (Å²) in [7, 11) is 0. The maximum Gasteiger partial charge on any atom is 0.324 e. The molecule has 0 spiro atoms. The number of amides is 3. The number of urea groups is 1. The fourth-order valence-corrected chi connectivity index (χ4v) is 1.67. The van der Waals surface area contributed by atoms with Crippen molar-refractivity contribution in [2.24, 2.45) is 5.41 Å². The third-order valence-electron chi connectivity index (χ3n) is 3.15. The molecule has 6 nitrogen and oxygen atoms in total. The molecule has 0 unspecified atom stereocenters. The van der Waals surface area contributed by atoms with E-state index >= 15 is 0 Å². The first-order valence-corrected chi connectivity index (χ1v) is 6.20. The number of imide groups is 1. The number of hydrogen-bond acceptors (Lipinski definition) is 3. The van der Waals surface area contributed by atoms with E-state index in [1.807, 2.05) is 13.0 Å². The average Bonchev–Trinajstić information content (AvgIpc) is 2.28. The van der Waals surface area contributed by atoms with Crippen LogP contribution >= 0.6 is 0 Å². The summed E-state index contributed by atoms with van der Waals surface area (Å²) >= 11 is 0. The molecule has 0 atom stereocenters. The number of aliphatic carboxylic acids is 1. The smallest absolute Gasteiger partial charge is 0.324 e. The standard InChI is InChI=1S/C13H20N2O4/c1-9-4-6-15(7-5-9)12(19)14-10(16)8-13(2,3)11(17)18/h4H,5-8H2,1-3H3,(H,17,18)(H,14,16,19). The summed E-state index contributed by atoms with van der Waals surface area (Å²) in [6, 6.07) is -0.463. The van der Waals surface area contributed by atoms with Gasteiger partial charge in [-0.3, -0.25) is 14.9 Å². The van der Waals surface area contributed by atoms with Crippen LogP contribution in [0.25, 0.3) is 0 Å². The number of carbonyl (C=O) groups excluding carboxylic acids is 2. The van der Waals surface area contributed by atoms with Crippen LogP contribution in [0.15, 0.2) is 11.6 Å². The van der Waals surface area contributed by atoms with Gasteiger partial charge in [0.25, 0.3) is 0 Å². The molecule has 3 amide bonds. The average molecular weight is 268 g/mol. The zero-order chi connectivity index (χ0) is 14.6. The molecule has 0 saturated carbocycles. The molecule has 0 aromatic heterocycles. The number of hydrogen-bond donors (Lipinski definition) is 2. The van der Waals surface area contributed by atoms with E-state index in [0.29, 0.717) is 13.1 Å². The highest BCUT2D eigenvalue weighted by Gasteiger charge is 2.31. The molecule has 0 fully saturated rings. The topological polar surface area (TPSA) is 86.7 Å². The SMILES string of the molecule is CC1=CCN(C(=O)NC(=O)CC(C)(C)C(=O)O)CC1. The van der Waals surface area contributed by atoms with Crippen molar-refractivity contribution < 1.29 is 19.5 Å². The predicted molar refractivity (Wildman–Crippen MR) is 69.5 cm³/mol. The molecule has 0 aliphatic carbocycles. The Kier molecular flexibility index (Phi) is 4.69. The first kappa shape index (κ1) is 15.2. The van der Waals surface area contributed by atoms with Crippen molar-refractivity contribution in [3.8, 4) is 0 Å². The van der Waals surface area contributed by atoms with Crippen LogP contribution in [0.3, 0.4) is 0 Å². The van der Waals surface area contributed by atoms with Gasteiger partial charge < -0.3 is 10.0 Å². The van der Waals surface area contributed by atoms with Crippen molar-refractivity contribution in [2.75, 3.05) is 13.1 Å².